The summed E-state index contributed by atoms with van der Waals surface area (Å²) in [6, 6.07) is 6.21. The van der Waals surface area contributed by atoms with Gasteiger partial charge in [-0.2, -0.15) is 0 Å². The summed E-state index contributed by atoms with van der Waals surface area (Å²) in [6.45, 7) is 0. The lowest BCUT2D eigenvalue weighted by Gasteiger charge is -2.20. The fourth-order valence-electron chi connectivity index (χ4n) is 2.61. The van der Waals surface area contributed by atoms with E-state index in [4.69, 9.17) is 10.5 Å². The third-order valence-corrected chi connectivity index (χ3v) is 3.56. The molecule has 0 fully saturated rings. The minimum absolute atomic E-state index is 0.182. The number of rotatable bonds is 2. The van der Waals surface area contributed by atoms with Gasteiger partial charge in [-0.3, -0.25) is 0 Å². The number of fused-ring (bicyclic) bond motifs is 1. The van der Waals surface area contributed by atoms with E-state index in [0.29, 0.717) is 5.88 Å². The summed E-state index contributed by atoms with van der Waals surface area (Å²) < 4.78 is 7.26. The average Bonchev–Trinajstić information content (AvgIpc) is 2.84. The van der Waals surface area contributed by atoms with Crippen LogP contribution >= 0.6 is 0 Å². The summed E-state index contributed by atoms with van der Waals surface area (Å²) >= 11 is 0. The quantitative estimate of drug-likeness (QED) is 0.880. The fraction of sp³-hybridized carbons (Fsp3) is 0.357. The molecule has 1 aliphatic carbocycles. The van der Waals surface area contributed by atoms with E-state index in [1.54, 1.807) is 7.11 Å². The molecule has 0 bridgehead atoms. The van der Waals surface area contributed by atoms with Crippen LogP contribution in [0.5, 0.6) is 5.88 Å². The summed E-state index contributed by atoms with van der Waals surface area (Å²) in [4.78, 5) is 4.25. The van der Waals surface area contributed by atoms with Gasteiger partial charge in [0.2, 0.25) is 5.88 Å². The molecule has 0 saturated carbocycles. The van der Waals surface area contributed by atoms with E-state index in [9.17, 15) is 0 Å². The number of methoxy groups -OCH3 is 1. The lowest BCUT2D eigenvalue weighted by atomic mass is 9.93. The molecular formula is C14H17N3O. The van der Waals surface area contributed by atoms with E-state index < -0.39 is 0 Å². The topological polar surface area (TPSA) is 53.1 Å². The first-order chi connectivity index (χ1) is 8.79. The highest BCUT2D eigenvalue weighted by Gasteiger charge is 2.20. The third kappa shape index (κ3) is 1.78. The number of nitrogens with two attached hydrogens (primary N) is 1. The molecule has 2 N–H and O–H groups in total. The molecule has 3 rings (SSSR count). The predicted molar refractivity (Wildman–Crippen MR) is 70.0 cm³/mol. The Kier molecular flexibility index (Phi) is 2.80. The van der Waals surface area contributed by atoms with Gasteiger partial charge in [-0.15, -0.1) is 0 Å². The zero-order chi connectivity index (χ0) is 12.5. The van der Waals surface area contributed by atoms with Crippen molar-refractivity contribution in [3.05, 3.63) is 41.9 Å². The number of nitrogens with zero attached hydrogens (tertiary/aromatic N) is 2. The number of ether oxygens (including phenoxy) is 1. The van der Waals surface area contributed by atoms with Gasteiger partial charge in [0.15, 0.2) is 0 Å². The fourth-order valence-corrected chi connectivity index (χ4v) is 2.61. The number of hydrogen-bond acceptors (Lipinski definition) is 3. The van der Waals surface area contributed by atoms with Crippen molar-refractivity contribution in [2.75, 3.05) is 7.11 Å². The number of hydrogen-bond donors (Lipinski definition) is 1. The average molecular weight is 243 g/mol. The summed E-state index contributed by atoms with van der Waals surface area (Å²) in [7, 11) is 1.62. The van der Waals surface area contributed by atoms with Gasteiger partial charge >= 0.3 is 0 Å². The van der Waals surface area contributed by atoms with Crippen LogP contribution in [0.15, 0.2) is 30.6 Å². The van der Waals surface area contributed by atoms with Crippen molar-refractivity contribution in [3.8, 4) is 11.6 Å². The van der Waals surface area contributed by atoms with Crippen LogP contribution in [0.4, 0.5) is 0 Å². The molecule has 0 saturated heterocycles. The molecule has 1 unspecified atom stereocenters. The Hall–Kier alpha value is -1.81. The van der Waals surface area contributed by atoms with Crippen LogP contribution in [-0.2, 0) is 6.42 Å². The van der Waals surface area contributed by atoms with Gasteiger partial charge in [0.25, 0.3) is 0 Å². The van der Waals surface area contributed by atoms with Gasteiger partial charge in [-0.1, -0.05) is 0 Å². The summed E-state index contributed by atoms with van der Waals surface area (Å²) in [5.74, 6) is 0.636. The first-order valence-corrected chi connectivity index (χ1v) is 6.25. The van der Waals surface area contributed by atoms with Gasteiger partial charge < -0.3 is 15.0 Å². The number of aromatic nitrogens is 2. The van der Waals surface area contributed by atoms with Crippen LogP contribution in [-0.4, -0.2) is 16.7 Å². The Balaban J connectivity index is 2.01. The smallest absolute Gasteiger partial charge is 0.213 e. The highest BCUT2D eigenvalue weighted by atomic mass is 16.5. The lowest BCUT2D eigenvalue weighted by molar-refractivity contribution is 0.398. The Morgan fingerprint density at radius 2 is 2.28 bits per heavy atom. The molecule has 0 aliphatic heterocycles. The zero-order valence-corrected chi connectivity index (χ0v) is 10.5. The summed E-state index contributed by atoms with van der Waals surface area (Å²) in [5.41, 5.74) is 9.79. The van der Waals surface area contributed by atoms with E-state index in [2.05, 4.69) is 21.8 Å². The minimum Gasteiger partial charge on any atom is -0.481 e. The molecule has 0 aromatic carbocycles. The lowest BCUT2D eigenvalue weighted by Crippen LogP contribution is -2.17. The molecule has 4 nitrogen and oxygen atoms in total. The zero-order valence-electron chi connectivity index (χ0n) is 10.5. The van der Waals surface area contributed by atoms with Crippen LogP contribution < -0.4 is 10.5 Å². The molecule has 0 amide bonds. The Morgan fingerprint density at radius 1 is 1.39 bits per heavy atom. The van der Waals surface area contributed by atoms with E-state index in [-0.39, 0.29) is 6.04 Å². The summed E-state index contributed by atoms with van der Waals surface area (Å²) in [6.07, 6.45) is 7.24. The monoisotopic (exact) mass is 243 g/mol. The van der Waals surface area contributed by atoms with Crippen molar-refractivity contribution in [1.29, 1.82) is 0 Å². The number of pyridine rings is 1. The first-order valence-electron chi connectivity index (χ1n) is 6.25. The van der Waals surface area contributed by atoms with E-state index >= 15 is 0 Å². The van der Waals surface area contributed by atoms with Crippen LogP contribution in [0.1, 0.15) is 30.1 Å². The first kappa shape index (κ1) is 11.3. The van der Waals surface area contributed by atoms with Gasteiger partial charge in [-0.25, -0.2) is 4.98 Å². The van der Waals surface area contributed by atoms with Crippen molar-refractivity contribution in [2.45, 2.75) is 25.3 Å². The van der Waals surface area contributed by atoms with Crippen molar-refractivity contribution in [3.63, 3.8) is 0 Å². The largest absolute Gasteiger partial charge is 0.481 e. The normalized spacial score (nSPS) is 18.4. The molecule has 2 aromatic heterocycles. The van der Waals surface area contributed by atoms with Crippen molar-refractivity contribution in [2.24, 2.45) is 5.73 Å². The van der Waals surface area contributed by atoms with E-state index in [1.165, 1.54) is 11.3 Å². The van der Waals surface area contributed by atoms with Crippen molar-refractivity contribution >= 4 is 0 Å². The molecule has 94 valence electrons. The Labute approximate surface area is 106 Å². The standard InChI is InChI=1S/C14H17N3O/c1-18-14-6-5-10(9-16-14)17-8-7-11-12(15)3-2-4-13(11)17/h5-9,12H,2-4,15H2,1H3. The predicted octanol–water partition coefficient (Wildman–Crippen LogP) is 2.22. The molecule has 2 heterocycles. The molecule has 1 atom stereocenters. The van der Waals surface area contributed by atoms with E-state index in [0.717, 1.165) is 24.9 Å². The molecule has 2 aromatic rings. The van der Waals surface area contributed by atoms with E-state index in [1.807, 2.05) is 18.3 Å². The Bertz CT molecular complexity index is 545. The molecule has 1 aliphatic rings. The SMILES string of the molecule is COc1ccc(-n2ccc3c2CCCC3N)cn1. The van der Waals surface area contributed by atoms with Gasteiger partial charge in [0.1, 0.15) is 0 Å². The molecule has 0 spiro atoms. The minimum atomic E-state index is 0.182. The second-order valence-corrected chi connectivity index (χ2v) is 4.65. The van der Waals surface area contributed by atoms with Crippen LogP contribution in [0.3, 0.4) is 0 Å². The van der Waals surface area contributed by atoms with Gasteiger partial charge in [-0.05, 0) is 37.0 Å². The molecule has 4 heteroatoms. The maximum atomic E-state index is 6.13. The van der Waals surface area contributed by atoms with Crippen molar-refractivity contribution < 1.29 is 4.74 Å². The molecular weight excluding hydrogens is 226 g/mol. The summed E-state index contributed by atoms with van der Waals surface area (Å²) in [5, 5.41) is 0. The van der Waals surface area contributed by atoms with Crippen molar-refractivity contribution in [1.82, 2.24) is 9.55 Å². The molecule has 18 heavy (non-hydrogen) atoms. The third-order valence-electron chi connectivity index (χ3n) is 3.56. The maximum absolute atomic E-state index is 6.13. The Morgan fingerprint density at radius 3 is 3.00 bits per heavy atom. The highest BCUT2D eigenvalue weighted by Crippen LogP contribution is 2.30. The highest BCUT2D eigenvalue weighted by molar-refractivity contribution is 5.39. The second kappa shape index (κ2) is 4.46. The van der Waals surface area contributed by atoms with Crippen LogP contribution in [0, 0.1) is 0 Å². The van der Waals surface area contributed by atoms with Gasteiger partial charge in [0.05, 0.1) is 19.0 Å². The van der Waals surface area contributed by atoms with Crippen LogP contribution in [0.2, 0.25) is 0 Å². The second-order valence-electron chi connectivity index (χ2n) is 4.65. The molecule has 0 radical (unpaired) electrons. The van der Waals surface area contributed by atoms with Gasteiger partial charge in [0, 0.05) is 24.0 Å². The van der Waals surface area contributed by atoms with Crippen LogP contribution in [0.25, 0.3) is 5.69 Å². The maximum Gasteiger partial charge on any atom is 0.213 e.